The molecule has 1 aliphatic heterocycles. The lowest BCUT2D eigenvalue weighted by molar-refractivity contribution is 0.178. The normalized spacial score (nSPS) is 16.8. The fourth-order valence-corrected chi connectivity index (χ4v) is 5.26. The number of hydrogen-bond donors (Lipinski definition) is 2. The van der Waals surface area contributed by atoms with Crippen LogP contribution in [-0.2, 0) is 19.9 Å². The van der Waals surface area contributed by atoms with Crippen LogP contribution in [0.3, 0.4) is 0 Å². The molecule has 6 heteroatoms. The van der Waals surface area contributed by atoms with Gasteiger partial charge in [0, 0.05) is 5.56 Å². The van der Waals surface area contributed by atoms with Crippen molar-refractivity contribution in [2.45, 2.75) is 24.3 Å². The van der Waals surface area contributed by atoms with Crippen LogP contribution >= 0.6 is 0 Å². The van der Waals surface area contributed by atoms with Crippen LogP contribution in [0.5, 0.6) is 11.5 Å². The predicted octanol–water partition coefficient (Wildman–Crippen LogP) is 3.73. The minimum absolute atomic E-state index is 0.0861. The average Bonchev–Trinajstić information content (AvgIpc) is 2.84. The van der Waals surface area contributed by atoms with Gasteiger partial charge in [-0.05, 0) is 66.4 Å². The zero-order valence-corrected chi connectivity index (χ0v) is 15.6. The number of phenolic OH excluding ortho intramolecular Hbond substituents is 2. The average molecular weight is 382 g/mol. The molecule has 0 atom stereocenters. The number of phenols is 2. The largest absolute Gasteiger partial charge is 0.508 e. The van der Waals surface area contributed by atoms with Crippen molar-refractivity contribution in [3.05, 3.63) is 88.5 Å². The van der Waals surface area contributed by atoms with Gasteiger partial charge in [-0.3, -0.25) is 0 Å². The first-order valence-electron chi connectivity index (χ1n) is 8.41. The monoisotopic (exact) mass is 382 g/mol. The summed E-state index contributed by atoms with van der Waals surface area (Å²) in [6.45, 7) is 3.59. The lowest BCUT2D eigenvalue weighted by atomic mass is 9.77. The fraction of sp³-hybridized carbons (Fsp3) is 0.143. The van der Waals surface area contributed by atoms with E-state index in [0.717, 1.165) is 0 Å². The van der Waals surface area contributed by atoms with E-state index in [1.54, 1.807) is 56.3 Å². The highest BCUT2D eigenvalue weighted by Crippen LogP contribution is 2.52. The van der Waals surface area contributed by atoms with Crippen LogP contribution in [0.1, 0.15) is 27.8 Å². The van der Waals surface area contributed by atoms with Crippen molar-refractivity contribution in [2.75, 3.05) is 0 Å². The smallest absolute Gasteiger partial charge is 0.298 e. The Kier molecular flexibility index (Phi) is 3.80. The van der Waals surface area contributed by atoms with E-state index in [1.165, 1.54) is 18.2 Å². The molecule has 27 heavy (non-hydrogen) atoms. The number of aromatic hydroxyl groups is 2. The molecule has 0 bridgehead atoms. The second-order valence-electron chi connectivity index (χ2n) is 6.71. The first-order valence-corrected chi connectivity index (χ1v) is 9.82. The molecule has 0 aromatic heterocycles. The number of hydrogen-bond acceptors (Lipinski definition) is 5. The second-order valence-corrected chi connectivity index (χ2v) is 8.23. The Morgan fingerprint density at radius 3 is 1.81 bits per heavy atom. The van der Waals surface area contributed by atoms with Gasteiger partial charge in [-0.15, -0.1) is 0 Å². The Bertz CT molecular complexity index is 1110. The molecule has 2 N–H and O–H groups in total. The number of aryl methyl sites for hydroxylation is 2. The van der Waals surface area contributed by atoms with Gasteiger partial charge >= 0.3 is 0 Å². The van der Waals surface area contributed by atoms with Gasteiger partial charge in [0.15, 0.2) is 5.60 Å². The Labute approximate surface area is 157 Å². The van der Waals surface area contributed by atoms with Gasteiger partial charge in [0.05, 0.1) is 0 Å². The number of rotatable bonds is 2. The fourth-order valence-electron chi connectivity index (χ4n) is 3.84. The number of benzene rings is 3. The molecule has 1 aliphatic rings. The first-order chi connectivity index (χ1) is 12.8. The molecule has 1 heterocycles. The van der Waals surface area contributed by atoms with Crippen LogP contribution in [0.15, 0.2) is 65.6 Å². The summed E-state index contributed by atoms with van der Waals surface area (Å²) in [7, 11) is -3.99. The Hall–Kier alpha value is -2.83. The van der Waals surface area contributed by atoms with E-state index in [4.69, 9.17) is 4.18 Å². The van der Waals surface area contributed by atoms with Crippen molar-refractivity contribution >= 4 is 10.1 Å². The predicted molar refractivity (Wildman–Crippen MR) is 100 cm³/mol. The molecule has 0 spiro atoms. The lowest BCUT2D eigenvalue weighted by Gasteiger charge is -2.32. The van der Waals surface area contributed by atoms with E-state index in [9.17, 15) is 18.6 Å². The maximum atomic E-state index is 12.9. The summed E-state index contributed by atoms with van der Waals surface area (Å²) >= 11 is 0. The third-order valence-corrected chi connectivity index (χ3v) is 6.31. The molecule has 0 amide bonds. The molecular weight excluding hydrogens is 364 g/mol. The molecule has 0 fully saturated rings. The maximum Gasteiger partial charge on any atom is 0.298 e. The van der Waals surface area contributed by atoms with E-state index >= 15 is 0 Å². The van der Waals surface area contributed by atoms with Crippen LogP contribution in [0.4, 0.5) is 0 Å². The van der Waals surface area contributed by atoms with E-state index in [0.29, 0.717) is 27.8 Å². The molecule has 0 radical (unpaired) electrons. The summed E-state index contributed by atoms with van der Waals surface area (Å²) in [5.41, 5.74) is 1.71. The minimum Gasteiger partial charge on any atom is -0.508 e. The van der Waals surface area contributed by atoms with Crippen molar-refractivity contribution in [2.24, 2.45) is 0 Å². The summed E-state index contributed by atoms with van der Waals surface area (Å²) in [5, 5.41) is 19.7. The van der Waals surface area contributed by atoms with Crippen molar-refractivity contribution in [1.82, 2.24) is 0 Å². The molecule has 3 aromatic rings. The quantitative estimate of drug-likeness (QED) is 0.660. The van der Waals surface area contributed by atoms with Gasteiger partial charge in [0.1, 0.15) is 16.4 Å². The van der Waals surface area contributed by atoms with Crippen LogP contribution in [0.25, 0.3) is 0 Å². The third kappa shape index (κ3) is 2.52. The molecule has 0 aliphatic carbocycles. The second kappa shape index (κ2) is 5.84. The molecule has 5 nitrogen and oxygen atoms in total. The zero-order valence-electron chi connectivity index (χ0n) is 14.8. The zero-order chi connectivity index (χ0) is 19.4. The van der Waals surface area contributed by atoms with Crippen molar-refractivity contribution in [3.63, 3.8) is 0 Å². The van der Waals surface area contributed by atoms with Gasteiger partial charge in [-0.1, -0.05) is 30.3 Å². The van der Waals surface area contributed by atoms with E-state index in [2.05, 4.69) is 0 Å². The summed E-state index contributed by atoms with van der Waals surface area (Å²) < 4.78 is 31.5. The van der Waals surface area contributed by atoms with Gasteiger partial charge in [0.2, 0.25) is 0 Å². The van der Waals surface area contributed by atoms with Gasteiger partial charge in [-0.25, -0.2) is 4.18 Å². The Morgan fingerprint density at radius 1 is 0.778 bits per heavy atom. The SMILES string of the molecule is Cc1cc(O)ccc1C1(c2ccc(O)cc2C)OS(=O)(=O)c2ccccc21. The van der Waals surface area contributed by atoms with Crippen LogP contribution in [-0.4, -0.2) is 18.6 Å². The topological polar surface area (TPSA) is 83.8 Å². The molecule has 3 aromatic carbocycles. The summed E-state index contributed by atoms with van der Waals surface area (Å²) in [6.07, 6.45) is 0. The van der Waals surface area contributed by atoms with Crippen molar-refractivity contribution in [1.29, 1.82) is 0 Å². The molecule has 0 saturated carbocycles. The molecule has 0 unspecified atom stereocenters. The molecule has 4 rings (SSSR count). The molecule has 0 saturated heterocycles. The maximum absolute atomic E-state index is 12.9. The van der Waals surface area contributed by atoms with Crippen LogP contribution in [0.2, 0.25) is 0 Å². The standard InChI is InChI=1S/C21H18O5S/c1-13-11-15(22)7-9-17(13)21(18-10-8-16(23)12-14(18)2)19-5-3-4-6-20(19)27(24,25)26-21/h3-12,22-23H,1-2H3. The first kappa shape index (κ1) is 17.6. The summed E-state index contributed by atoms with van der Waals surface area (Å²) in [4.78, 5) is 0.116. The van der Waals surface area contributed by atoms with E-state index in [-0.39, 0.29) is 16.4 Å². The van der Waals surface area contributed by atoms with Crippen molar-refractivity contribution in [3.8, 4) is 11.5 Å². The van der Waals surface area contributed by atoms with Crippen LogP contribution < -0.4 is 0 Å². The van der Waals surface area contributed by atoms with Gasteiger partial charge in [0.25, 0.3) is 10.1 Å². The molecular formula is C21H18O5S. The highest BCUT2D eigenvalue weighted by Gasteiger charge is 2.52. The highest BCUT2D eigenvalue weighted by atomic mass is 32.2. The highest BCUT2D eigenvalue weighted by molar-refractivity contribution is 7.87. The minimum atomic E-state index is -3.99. The molecule has 138 valence electrons. The Balaban J connectivity index is 2.16. The van der Waals surface area contributed by atoms with Gasteiger partial charge < -0.3 is 10.2 Å². The lowest BCUT2D eigenvalue weighted by Crippen LogP contribution is -2.31. The Morgan fingerprint density at radius 2 is 1.30 bits per heavy atom. The summed E-state index contributed by atoms with van der Waals surface area (Å²) in [5.74, 6) is 0.172. The number of fused-ring (bicyclic) bond motifs is 1. The van der Waals surface area contributed by atoms with Crippen molar-refractivity contribution < 1.29 is 22.8 Å². The van der Waals surface area contributed by atoms with E-state index < -0.39 is 15.7 Å². The third-order valence-electron chi connectivity index (χ3n) is 4.95. The van der Waals surface area contributed by atoms with E-state index in [1.807, 2.05) is 0 Å². The summed E-state index contributed by atoms with van der Waals surface area (Å²) in [6, 6.07) is 16.2. The van der Waals surface area contributed by atoms with Gasteiger partial charge in [-0.2, -0.15) is 8.42 Å². The van der Waals surface area contributed by atoms with Crippen LogP contribution in [0, 0.1) is 13.8 Å².